The molecule has 1 aliphatic rings. The predicted molar refractivity (Wildman–Crippen MR) is 92.4 cm³/mol. The molecular formula is C19H28N2O2. The van der Waals surface area contributed by atoms with E-state index in [1.165, 1.54) is 16.7 Å². The van der Waals surface area contributed by atoms with E-state index in [1.54, 1.807) is 0 Å². The molecule has 1 aliphatic heterocycles. The molecule has 1 fully saturated rings. The van der Waals surface area contributed by atoms with Crippen molar-refractivity contribution in [1.29, 1.82) is 0 Å². The Morgan fingerprint density at radius 2 is 1.43 bits per heavy atom. The van der Waals surface area contributed by atoms with Crippen LogP contribution in [0.15, 0.2) is 12.1 Å². The smallest absolute Gasteiger partial charge is 0.227 e. The van der Waals surface area contributed by atoms with Gasteiger partial charge in [-0.2, -0.15) is 0 Å². The number of carbonyl (C=O) groups excluding carboxylic acids is 2. The number of amides is 2. The van der Waals surface area contributed by atoms with Crippen LogP contribution in [0.3, 0.4) is 0 Å². The Labute approximate surface area is 139 Å². The normalized spacial score (nSPS) is 15.2. The Hall–Kier alpha value is -1.84. The zero-order valence-electron chi connectivity index (χ0n) is 15.0. The first-order chi connectivity index (χ1) is 10.8. The fourth-order valence-electron chi connectivity index (χ4n) is 3.29. The number of hydrogen-bond acceptors (Lipinski definition) is 2. The van der Waals surface area contributed by atoms with Crippen molar-refractivity contribution >= 4 is 11.8 Å². The van der Waals surface area contributed by atoms with E-state index in [1.807, 2.05) is 23.6 Å². The molecular weight excluding hydrogens is 288 g/mol. The van der Waals surface area contributed by atoms with Crippen LogP contribution in [0, 0.1) is 26.7 Å². The van der Waals surface area contributed by atoms with Crippen molar-refractivity contribution in [3.8, 4) is 0 Å². The number of benzene rings is 1. The van der Waals surface area contributed by atoms with Crippen LogP contribution in [0.4, 0.5) is 0 Å². The second-order valence-electron chi connectivity index (χ2n) is 6.91. The van der Waals surface area contributed by atoms with Crippen LogP contribution in [0.5, 0.6) is 0 Å². The van der Waals surface area contributed by atoms with Crippen molar-refractivity contribution in [2.24, 2.45) is 5.92 Å². The van der Waals surface area contributed by atoms with Crippen LogP contribution in [-0.2, 0) is 16.0 Å². The lowest BCUT2D eigenvalue weighted by atomic mass is 9.97. The monoisotopic (exact) mass is 316 g/mol. The molecule has 1 heterocycles. The minimum Gasteiger partial charge on any atom is -0.339 e. The average Bonchev–Trinajstić information content (AvgIpc) is 2.50. The lowest BCUT2D eigenvalue weighted by Crippen LogP contribution is -2.51. The van der Waals surface area contributed by atoms with Crippen molar-refractivity contribution < 1.29 is 9.59 Å². The van der Waals surface area contributed by atoms with E-state index in [-0.39, 0.29) is 17.7 Å². The first-order valence-electron chi connectivity index (χ1n) is 8.43. The van der Waals surface area contributed by atoms with Crippen molar-refractivity contribution in [3.63, 3.8) is 0 Å². The SMILES string of the molecule is Cc1cc(C)c(CC(=O)N2CCN(C(=O)C(C)C)CC2)c(C)c1. The highest BCUT2D eigenvalue weighted by Crippen LogP contribution is 2.18. The highest BCUT2D eigenvalue weighted by Gasteiger charge is 2.25. The van der Waals surface area contributed by atoms with Crippen molar-refractivity contribution in [1.82, 2.24) is 9.80 Å². The lowest BCUT2D eigenvalue weighted by Gasteiger charge is -2.35. The van der Waals surface area contributed by atoms with E-state index in [2.05, 4.69) is 32.9 Å². The second kappa shape index (κ2) is 7.16. The molecule has 2 amide bonds. The molecule has 1 aromatic carbocycles. The third kappa shape index (κ3) is 4.12. The van der Waals surface area contributed by atoms with E-state index >= 15 is 0 Å². The maximum Gasteiger partial charge on any atom is 0.227 e. The van der Waals surface area contributed by atoms with Gasteiger partial charge >= 0.3 is 0 Å². The fraction of sp³-hybridized carbons (Fsp3) is 0.579. The van der Waals surface area contributed by atoms with Crippen LogP contribution in [0.2, 0.25) is 0 Å². The van der Waals surface area contributed by atoms with Crippen LogP contribution < -0.4 is 0 Å². The minimum atomic E-state index is 0.0232. The Balaban J connectivity index is 1.97. The van der Waals surface area contributed by atoms with Gasteiger partial charge in [-0.1, -0.05) is 31.5 Å². The fourth-order valence-corrected chi connectivity index (χ4v) is 3.29. The van der Waals surface area contributed by atoms with Gasteiger partial charge in [-0.25, -0.2) is 0 Å². The molecule has 0 unspecified atom stereocenters. The zero-order chi connectivity index (χ0) is 17.1. The minimum absolute atomic E-state index is 0.0232. The Morgan fingerprint density at radius 1 is 0.957 bits per heavy atom. The molecule has 0 radical (unpaired) electrons. The quantitative estimate of drug-likeness (QED) is 0.859. The summed E-state index contributed by atoms with van der Waals surface area (Å²) in [4.78, 5) is 28.4. The molecule has 126 valence electrons. The molecule has 1 saturated heterocycles. The van der Waals surface area contributed by atoms with E-state index in [0.717, 1.165) is 5.56 Å². The maximum atomic E-state index is 12.6. The number of hydrogen-bond donors (Lipinski definition) is 0. The zero-order valence-corrected chi connectivity index (χ0v) is 15.0. The molecule has 0 bridgehead atoms. The highest BCUT2D eigenvalue weighted by atomic mass is 16.2. The summed E-state index contributed by atoms with van der Waals surface area (Å²) >= 11 is 0. The number of aryl methyl sites for hydroxylation is 3. The summed E-state index contributed by atoms with van der Waals surface area (Å²) in [5.41, 5.74) is 4.74. The molecule has 0 atom stereocenters. The van der Waals surface area contributed by atoms with Crippen molar-refractivity contribution in [2.75, 3.05) is 26.2 Å². The van der Waals surface area contributed by atoms with Crippen LogP contribution in [0.1, 0.15) is 36.1 Å². The van der Waals surface area contributed by atoms with Gasteiger partial charge in [-0.3, -0.25) is 9.59 Å². The summed E-state index contributed by atoms with van der Waals surface area (Å²) in [6, 6.07) is 4.27. The first kappa shape index (κ1) is 17.5. The molecule has 0 saturated carbocycles. The summed E-state index contributed by atoms with van der Waals surface area (Å²) in [6.45, 7) is 12.6. The van der Waals surface area contributed by atoms with Gasteiger partial charge in [0.05, 0.1) is 6.42 Å². The molecule has 1 aromatic rings. The van der Waals surface area contributed by atoms with E-state index < -0.39 is 0 Å². The van der Waals surface area contributed by atoms with Gasteiger partial charge in [-0.05, 0) is 37.5 Å². The largest absolute Gasteiger partial charge is 0.339 e. The summed E-state index contributed by atoms with van der Waals surface area (Å²) in [6.07, 6.45) is 0.454. The van der Waals surface area contributed by atoms with Gasteiger partial charge in [0, 0.05) is 32.1 Å². The predicted octanol–water partition coefficient (Wildman–Crippen LogP) is 2.48. The summed E-state index contributed by atoms with van der Waals surface area (Å²) in [5.74, 6) is 0.370. The number of nitrogens with zero attached hydrogens (tertiary/aromatic N) is 2. The summed E-state index contributed by atoms with van der Waals surface area (Å²) < 4.78 is 0. The van der Waals surface area contributed by atoms with Crippen LogP contribution in [0.25, 0.3) is 0 Å². The highest BCUT2D eigenvalue weighted by molar-refractivity contribution is 5.81. The summed E-state index contributed by atoms with van der Waals surface area (Å²) in [7, 11) is 0. The van der Waals surface area contributed by atoms with Crippen molar-refractivity contribution in [3.05, 3.63) is 34.4 Å². The van der Waals surface area contributed by atoms with E-state index in [9.17, 15) is 9.59 Å². The van der Waals surface area contributed by atoms with Gasteiger partial charge in [-0.15, -0.1) is 0 Å². The van der Waals surface area contributed by atoms with Gasteiger partial charge < -0.3 is 9.80 Å². The number of carbonyl (C=O) groups is 2. The Morgan fingerprint density at radius 3 is 1.91 bits per heavy atom. The number of rotatable bonds is 3. The molecule has 4 nitrogen and oxygen atoms in total. The van der Waals surface area contributed by atoms with Gasteiger partial charge in [0.25, 0.3) is 0 Å². The molecule has 0 aromatic heterocycles. The standard InChI is InChI=1S/C19H28N2O2/c1-13(2)19(23)21-8-6-20(7-9-21)18(22)12-17-15(4)10-14(3)11-16(17)5/h10-11,13H,6-9,12H2,1-5H3. The third-order valence-electron chi connectivity index (χ3n) is 4.61. The first-order valence-corrected chi connectivity index (χ1v) is 8.43. The maximum absolute atomic E-state index is 12.6. The lowest BCUT2D eigenvalue weighted by molar-refractivity contribution is -0.141. The number of piperazine rings is 1. The Bertz CT molecular complexity index is 576. The summed E-state index contributed by atoms with van der Waals surface area (Å²) in [5, 5.41) is 0. The molecule has 2 rings (SSSR count). The molecule has 0 spiro atoms. The second-order valence-corrected chi connectivity index (χ2v) is 6.91. The topological polar surface area (TPSA) is 40.6 Å². The third-order valence-corrected chi connectivity index (χ3v) is 4.61. The van der Waals surface area contributed by atoms with E-state index in [4.69, 9.17) is 0 Å². The molecule has 0 N–H and O–H groups in total. The molecule has 23 heavy (non-hydrogen) atoms. The average molecular weight is 316 g/mol. The van der Waals surface area contributed by atoms with Crippen LogP contribution in [-0.4, -0.2) is 47.8 Å². The molecule has 0 aliphatic carbocycles. The molecule has 4 heteroatoms. The Kier molecular flexibility index (Phi) is 5.45. The van der Waals surface area contributed by atoms with E-state index in [0.29, 0.717) is 32.6 Å². The van der Waals surface area contributed by atoms with Crippen LogP contribution >= 0.6 is 0 Å². The van der Waals surface area contributed by atoms with Crippen molar-refractivity contribution in [2.45, 2.75) is 41.0 Å². The van der Waals surface area contributed by atoms with Gasteiger partial charge in [0.1, 0.15) is 0 Å². The van der Waals surface area contributed by atoms with Gasteiger partial charge in [0.15, 0.2) is 0 Å². The van der Waals surface area contributed by atoms with Gasteiger partial charge in [0.2, 0.25) is 11.8 Å².